The van der Waals surface area contributed by atoms with Crippen LogP contribution in [0.1, 0.15) is 29.0 Å². The van der Waals surface area contributed by atoms with Crippen molar-refractivity contribution in [1.82, 2.24) is 5.32 Å². The van der Waals surface area contributed by atoms with Crippen LogP contribution in [0.2, 0.25) is 0 Å². The molecule has 1 fully saturated rings. The molecule has 2 amide bonds. The van der Waals surface area contributed by atoms with E-state index in [2.05, 4.69) is 10.6 Å². The lowest BCUT2D eigenvalue weighted by Crippen LogP contribution is -2.48. The summed E-state index contributed by atoms with van der Waals surface area (Å²) < 4.78 is 10.4. The highest BCUT2D eigenvalue weighted by Crippen LogP contribution is 2.29. The fourth-order valence-electron chi connectivity index (χ4n) is 2.96. The van der Waals surface area contributed by atoms with E-state index in [1.54, 1.807) is 24.3 Å². The van der Waals surface area contributed by atoms with Gasteiger partial charge in [-0.05, 0) is 42.7 Å². The molecule has 27 heavy (non-hydrogen) atoms. The molecule has 1 aromatic heterocycles. The van der Waals surface area contributed by atoms with Crippen molar-refractivity contribution in [2.45, 2.75) is 19.4 Å². The molecular weight excluding hydrogens is 370 g/mol. The van der Waals surface area contributed by atoms with E-state index in [1.807, 2.05) is 12.1 Å². The molecule has 1 saturated heterocycles. The predicted octanol–water partition coefficient (Wildman–Crippen LogP) is 2.33. The Morgan fingerprint density at radius 3 is 2.41 bits per heavy atom. The fourth-order valence-corrected chi connectivity index (χ4v) is 2.96. The number of nitrogens with one attached hydrogen (secondary N) is 2. The Morgan fingerprint density at radius 1 is 1.11 bits per heavy atom. The van der Waals surface area contributed by atoms with Crippen molar-refractivity contribution in [2.24, 2.45) is 11.1 Å². The Labute approximate surface area is 164 Å². The second-order valence-electron chi connectivity index (χ2n) is 6.41. The zero-order valence-corrected chi connectivity index (χ0v) is 15.7. The zero-order valence-electron chi connectivity index (χ0n) is 14.9. The molecule has 1 aromatic carbocycles. The van der Waals surface area contributed by atoms with Crippen LogP contribution in [0.3, 0.4) is 0 Å². The minimum absolute atomic E-state index is 0. The quantitative estimate of drug-likeness (QED) is 0.698. The highest BCUT2D eigenvalue weighted by Gasteiger charge is 2.38. The standard InChI is InChI=1S/C19H23N3O4.ClH/c20-13-19(7-10-25-11-8-19)18(24)21-12-14-3-5-15(6-4-14)22-17(23)16-2-1-9-26-16;/h1-6,9H,7-8,10-13,20H2,(H,21,24)(H,22,23);1H. The molecule has 1 aliphatic rings. The normalized spacial score (nSPS) is 15.4. The van der Waals surface area contributed by atoms with Crippen LogP contribution in [-0.4, -0.2) is 31.6 Å². The van der Waals surface area contributed by atoms with E-state index in [4.69, 9.17) is 14.9 Å². The second kappa shape index (κ2) is 9.55. The lowest BCUT2D eigenvalue weighted by molar-refractivity contribution is -0.136. The first-order valence-electron chi connectivity index (χ1n) is 8.63. The van der Waals surface area contributed by atoms with E-state index < -0.39 is 5.41 Å². The molecule has 0 aliphatic carbocycles. The maximum atomic E-state index is 12.6. The molecule has 0 atom stereocenters. The number of carbonyl (C=O) groups is 2. The van der Waals surface area contributed by atoms with Crippen molar-refractivity contribution in [3.8, 4) is 0 Å². The number of carbonyl (C=O) groups excluding carboxylic acids is 2. The van der Waals surface area contributed by atoms with Crippen LogP contribution in [0, 0.1) is 5.41 Å². The minimum atomic E-state index is -0.533. The predicted molar refractivity (Wildman–Crippen MR) is 104 cm³/mol. The third kappa shape index (κ3) is 5.09. The molecule has 0 saturated carbocycles. The topological polar surface area (TPSA) is 107 Å². The number of benzene rings is 1. The number of anilines is 1. The first-order chi connectivity index (χ1) is 12.6. The third-order valence-corrected chi connectivity index (χ3v) is 4.73. The van der Waals surface area contributed by atoms with Gasteiger partial charge >= 0.3 is 0 Å². The average Bonchev–Trinajstić information content (AvgIpc) is 3.22. The van der Waals surface area contributed by atoms with Gasteiger partial charge in [0.25, 0.3) is 5.91 Å². The monoisotopic (exact) mass is 393 g/mol. The van der Waals surface area contributed by atoms with Gasteiger partial charge in [0.2, 0.25) is 5.91 Å². The summed E-state index contributed by atoms with van der Waals surface area (Å²) in [5, 5.41) is 5.72. The Balaban J connectivity index is 0.00000261. The van der Waals surface area contributed by atoms with Crippen LogP contribution in [0.4, 0.5) is 5.69 Å². The van der Waals surface area contributed by atoms with Gasteiger partial charge < -0.3 is 25.5 Å². The largest absolute Gasteiger partial charge is 0.459 e. The number of hydrogen-bond donors (Lipinski definition) is 3. The number of amides is 2. The molecule has 0 radical (unpaired) electrons. The van der Waals surface area contributed by atoms with Gasteiger partial charge in [0.05, 0.1) is 11.7 Å². The summed E-state index contributed by atoms with van der Waals surface area (Å²) in [7, 11) is 0. The molecule has 2 aromatic rings. The molecule has 2 heterocycles. The Morgan fingerprint density at radius 2 is 1.81 bits per heavy atom. The zero-order chi connectivity index (χ0) is 18.4. The highest BCUT2D eigenvalue weighted by atomic mass is 35.5. The van der Waals surface area contributed by atoms with Crippen LogP contribution >= 0.6 is 12.4 Å². The number of nitrogens with two attached hydrogens (primary N) is 1. The van der Waals surface area contributed by atoms with Crippen LogP contribution in [0.25, 0.3) is 0 Å². The summed E-state index contributed by atoms with van der Waals surface area (Å²) in [6, 6.07) is 10.6. The minimum Gasteiger partial charge on any atom is -0.459 e. The second-order valence-corrected chi connectivity index (χ2v) is 6.41. The molecule has 3 rings (SSSR count). The fraction of sp³-hybridized carbons (Fsp3) is 0.368. The summed E-state index contributed by atoms with van der Waals surface area (Å²) >= 11 is 0. The summed E-state index contributed by atoms with van der Waals surface area (Å²) in [6.45, 7) is 1.86. The third-order valence-electron chi connectivity index (χ3n) is 4.73. The van der Waals surface area contributed by atoms with Gasteiger partial charge in [-0.3, -0.25) is 9.59 Å². The Hall–Kier alpha value is -2.35. The Bertz CT molecular complexity index is 741. The average molecular weight is 394 g/mol. The van der Waals surface area contributed by atoms with Crippen molar-refractivity contribution in [3.05, 3.63) is 54.0 Å². The molecule has 8 heteroatoms. The van der Waals surface area contributed by atoms with Crippen molar-refractivity contribution in [1.29, 1.82) is 0 Å². The molecule has 7 nitrogen and oxygen atoms in total. The Kier molecular flexibility index (Phi) is 7.41. The lowest BCUT2D eigenvalue weighted by Gasteiger charge is -2.34. The van der Waals surface area contributed by atoms with Crippen molar-refractivity contribution >= 4 is 29.9 Å². The first kappa shape index (κ1) is 21.0. The SMILES string of the molecule is Cl.NCC1(C(=O)NCc2ccc(NC(=O)c3ccco3)cc2)CCOCC1. The molecule has 1 aliphatic heterocycles. The van der Waals surface area contributed by atoms with E-state index in [1.165, 1.54) is 6.26 Å². The maximum absolute atomic E-state index is 12.6. The van der Waals surface area contributed by atoms with Crippen LogP contribution in [0.5, 0.6) is 0 Å². The summed E-state index contributed by atoms with van der Waals surface area (Å²) in [4.78, 5) is 24.5. The number of ether oxygens (including phenoxy) is 1. The van der Waals surface area contributed by atoms with Crippen molar-refractivity contribution in [2.75, 3.05) is 25.1 Å². The summed E-state index contributed by atoms with van der Waals surface area (Å²) in [5.74, 6) is -0.0798. The van der Waals surface area contributed by atoms with Gasteiger partial charge in [-0.25, -0.2) is 0 Å². The van der Waals surface area contributed by atoms with Gasteiger partial charge in [0.1, 0.15) is 0 Å². The van der Waals surface area contributed by atoms with Gasteiger partial charge in [-0.1, -0.05) is 12.1 Å². The van der Waals surface area contributed by atoms with E-state index in [9.17, 15) is 9.59 Å². The van der Waals surface area contributed by atoms with E-state index >= 15 is 0 Å². The number of furan rings is 1. The maximum Gasteiger partial charge on any atom is 0.291 e. The van der Waals surface area contributed by atoms with Gasteiger partial charge in [0.15, 0.2) is 5.76 Å². The molecule has 0 spiro atoms. The van der Waals surface area contributed by atoms with E-state index in [0.717, 1.165) is 5.56 Å². The van der Waals surface area contributed by atoms with E-state index in [0.29, 0.717) is 44.8 Å². The van der Waals surface area contributed by atoms with Crippen LogP contribution in [0.15, 0.2) is 47.1 Å². The molecular formula is C19H24ClN3O4. The smallest absolute Gasteiger partial charge is 0.291 e. The van der Waals surface area contributed by atoms with Crippen LogP contribution < -0.4 is 16.4 Å². The van der Waals surface area contributed by atoms with Gasteiger partial charge in [-0.2, -0.15) is 0 Å². The van der Waals surface area contributed by atoms with Crippen molar-refractivity contribution in [3.63, 3.8) is 0 Å². The number of rotatable bonds is 6. The number of halogens is 1. The lowest BCUT2D eigenvalue weighted by atomic mass is 9.79. The first-order valence-corrected chi connectivity index (χ1v) is 8.63. The number of hydrogen-bond acceptors (Lipinski definition) is 5. The van der Waals surface area contributed by atoms with E-state index in [-0.39, 0.29) is 30.0 Å². The summed E-state index contributed by atoms with van der Waals surface area (Å²) in [5.41, 5.74) is 6.91. The molecule has 4 N–H and O–H groups in total. The molecule has 146 valence electrons. The highest BCUT2D eigenvalue weighted by molar-refractivity contribution is 6.02. The molecule has 0 unspecified atom stereocenters. The van der Waals surface area contributed by atoms with Crippen molar-refractivity contribution < 1.29 is 18.7 Å². The van der Waals surface area contributed by atoms with Crippen LogP contribution in [-0.2, 0) is 16.1 Å². The summed E-state index contributed by atoms with van der Waals surface area (Å²) in [6.07, 6.45) is 2.74. The molecule has 0 bridgehead atoms. The van der Waals surface area contributed by atoms with Gasteiger partial charge in [0, 0.05) is 32.0 Å². The van der Waals surface area contributed by atoms with Gasteiger partial charge in [-0.15, -0.1) is 12.4 Å².